The molecule has 8 heteroatoms. The molecule has 1 rings (SSSR count). The van der Waals surface area contributed by atoms with E-state index < -0.39 is 6.10 Å². The van der Waals surface area contributed by atoms with Crippen LogP contribution in [-0.4, -0.2) is 69.4 Å². The van der Waals surface area contributed by atoms with Gasteiger partial charge in [0, 0.05) is 48.6 Å². The maximum atomic E-state index is 12.6. The van der Waals surface area contributed by atoms with Crippen molar-refractivity contribution in [2.24, 2.45) is 5.92 Å². The summed E-state index contributed by atoms with van der Waals surface area (Å²) in [6.45, 7) is 12.9. The number of unbranched alkanes of at least 4 members (excludes halogenated alkanes) is 1. The maximum absolute atomic E-state index is 12.6. The number of carbonyl (C=O) groups is 3. The Bertz CT molecular complexity index is 624. The molecule has 1 aliphatic rings. The summed E-state index contributed by atoms with van der Waals surface area (Å²) in [6, 6.07) is -0.0578. The van der Waals surface area contributed by atoms with E-state index in [9.17, 15) is 19.5 Å². The SMILES string of the molecule is CC(C)OC[C@@H]1C[C@H](O)CN1C(=O)CCCCC(=O)CCC(C)(C)SSCCC(=O)C(C)C. The minimum atomic E-state index is -0.480. The zero-order valence-corrected chi connectivity index (χ0v) is 23.1. The van der Waals surface area contributed by atoms with Gasteiger partial charge in [-0.15, -0.1) is 0 Å². The molecule has 1 N–H and O–H groups in total. The standard InChI is InChI=1S/C25H45NO5S2/c1-18(2)23(29)12-14-32-33-25(5,6)13-11-21(27)9-7-8-10-24(30)26-16-22(28)15-20(26)17-31-19(3)4/h18-20,22,28H,7-17H2,1-6H3/t20-,22-/m0/s1. The number of amides is 1. The number of aliphatic hydroxyl groups is 1. The molecular formula is C25H45NO5S2. The zero-order chi connectivity index (χ0) is 25.0. The topological polar surface area (TPSA) is 83.9 Å². The van der Waals surface area contributed by atoms with E-state index in [2.05, 4.69) is 13.8 Å². The second-order valence-electron chi connectivity index (χ2n) is 10.3. The quantitative estimate of drug-likeness (QED) is 0.219. The lowest BCUT2D eigenvalue weighted by Gasteiger charge is -2.25. The molecule has 0 saturated carbocycles. The molecule has 192 valence electrons. The fourth-order valence-electron chi connectivity index (χ4n) is 3.64. The van der Waals surface area contributed by atoms with Crippen molar-refractivity contribution in [3.63, 3.8) is 0 Å². The minimum absolute atomic E-state index is 0.0131. The van der Waals surface area contributed by atoms with Gasteiger partial charge in [-0.2, -0.15) is 0 Å². The Morgan fingerprint density at radius 2 is 1.73 bits per heavy atom. The number of carbonyl (C=O) groups excluding carboxylic acids is 3. The molecule has 0 aliphatic carbocycles. The number of nitrogens with zero attached hydrogens (tertiary/aromatic N) is 1. The van der Waals surface area contributed by atoms with Crippen molar-refractivity contribution in [1.29, 1.82) is 0 Å². The highest BCUT2D eigenvalue weighted by molar-refractivity contribution is 8.77. The number of likely N-dealkylation sites (tertiary alicyclic amines) is 1. The van der Waals surface area contributed by atoms with E-state index in [1.54, 1.807) is 26.5 Å². The molecular weight excluding hydrogens is 458 g/mol. The van der Waals surface area contributed by atoms with Gasteiger partial charge in [-0.25, -0.2) is 0 Å². The summed E-state index contributed by atoms with van der Waals surface area (Å²) in [5.41, 5.74) is 0. The van der Waals surface area contributed by atoms with Crippen LogP contribution in [0.1, 0.15) is 92.9 Å². The third-order valence-corrected chi connectivity index (χ3v) is 9.15. The molecule has 1 aliphatic heterocycles. The van der Waals surface area contributed by atoms with Crippen molar-refractivity contribution in [2.45, 2.75) is 116 Å². The number of β-amino-alcohol motifs (C(OH)–C–C–N with tert-alkyl or cyclic N) is 1. The van der Waals surface area contributed by atoms with Crippen LogP contribution in [0.25, 0.3) is 0 Å². The average molecular weight is 504 g/mol. The number of hydrogen-bond acceptors (Lipinski definition) is 7. The first-order chi connectivity index (χ1) is 15.4. The van der Waals surface area contributed by atoms with Gasteiger partial charge >= 0.3 is 0 Å². The smallest absolute Gasteiger partial charge is 0.222 e. The largest absolute Gasteiger partial charge is 0.391 e. The molecule has 1 fully saturated rings. The summed E-state index contributed by atoms with van der Waals surface area (Å²) in [4.78, 5) is 38.4. The Morgan fingerprint density at radius 3 is 2.36 bits per heavy atom. The van der Waals surface area contributed by atoms with Gasteiger partial charge in [-0.05, 0) is 53.4 Å². The molecule has 1 amide bonds. The first-order valence-electron chi connectivity index (χ1n) is 12.4. The van der Waals surface area contributed by atoms with Gasteiger partial charge in [0.25, 0.3) is 0 Å². The van der Waals surface area contributed by atoms with Crippen molar-refractivity contribution in [3.8, 4) is 0 Å². The van der Waals surface area contributed by atoms with Gasteiger partial charge in [0.2, 0.25) is 5.91 Å². The summed E-state index contributed by atoms with van der Waals surface area (Å²) in [5.74, 6) is 1.50. The molecule has 33 heavy (non-hydrogen) atoms. The summed E-state index contributed by atoms with van der Waals surface area (Å²) >= 11 is 0. The summed E-state index contributed by atoms with van der Waals surface area (Å²) in [7, 11) is 3.47. The highest BCUT2D eigenvalue weighted by Crippen LogP contribution is 2.39. The fourth-order valence-corrected chi connectivity index (χ4v) is 6.22. The van der Waals surface area contributed by atoms with Crippen LogP contribution in [0.15, 0.2) is 0 Å². The summed E-state index contributed by atoms with van der Waals surface area (Å²) < 4.78 is 5.64. The van der Waals surface area contributed by atoms with Crippen LogP contribution < -0.4 is 0 Å². The number of ketones is 2. The molecule has 0 aromatic rings. The van der Waals surface area contributed by atoms with Crippen LogP contribution in [-0.2, 0) is 19.1 Å². The molecule has 0 bridgehead atoms. The lowest BCUT2D eigenvalue weighted by Crippen LogP contribution is -2.39. The first kappa shape index (κ1) is 30.5. The minimum Gasteiger partial charge on any atom is -0.391 e. The van der Waals surface area contributed by atoms with Crippen LogP contribution in [0.5, 0.6) is 0 Å². The second kappa shape index (κ2) is 15.4. The average Bonchev–Trinajstić information content (AvgIpc) is 3.11. The van der Waals surface area contributed by atoms with E-state index in [1.165, 1.54) is 0 Å². The predicted molar refractivity (Wildman–Crippen MR) is 139 cm³/mol. The lowest BCUT2D eigenvalue weighted by atomic mass is 10.0. The van der Waals surface area contributed by atoms with Crippen molar-refractivity contribution in [1.82, 2.24) is 4.90 Å². The summed E-state index contributed by atoms with van der Waals surface area (Å²) in [6.07, 6.45) is 4.46. The Hall–Kier alpha value is -0.570. The van der Waals surface area contributed by atoms with Crippen molar-refractivity contribution < 1.29 is 24.2 Å². The van der Waals surface area contributed by atoms with E-state index in [-0.39, 0.29) is 34.5 Å². The molecule has 1 saturated heterocycles. The van der Waals surface area contributed by atoms with Crippen LogP contribution in [0, 0.1) is 5.92 Å². The van der Waals surface area contributed by atoms with E-state index in [1.807, 2.05) is 27.7 Å². The predicted octanol–water partition coefficient (Wildman–Crippen LogP) is 5.06. The normalized spacial score (nSPS) is 19.0. The fraction of sp³-hybridized carbons (Fsp3) is 0.880. The van der Waals surface area contributed by atoms with Crippen LogP contribution in [0.3, 0.4) is 0 Å². The molecule has 0 spiro atoms. The third kappa shape index (κ3) is 13.2. The van der Waals surface area contributed by atoms with Gasteiger partial charge in [0.05, 0.1) is 24.9 Å². The Labute approximate surface area is 208 Å². The third-order valence-electron chi connectivity index (χ3n) is 5.80. The molecule has 0 aromatic carbocycles. The maximum Gasteiger partial charge on any atom is 0.222 e. The molecule has 0 radical (unpaired) electrons. The van der Waals surface area contributed by atoms with Crippen molar-refractivity contribution in [3.05, 3.63) is 0 Å². The van der Waals surface area contributed by atoms with Crippen LogP contribution >= 0.6 is 21.6 Å². The lowest BCUT2D eigenvalue weighted by molar-refractivity contribution is -0.134. The first-order valence-corrected chi connectivity index (χ1v) is 14.7. The van der Waals surface area contributed by atoms with E-state index in [0.29, 0.717) is 63.9 Å². The molecule has 0 unspecified atom stereocenters. The van der Waals surface area contributed by atoms with E-state index in [4.69, 9.17) is 4.74 Å². The molecule has 2 atom stereocenters. The van der Waals surface area contributed by atoms with Gasteiger partial charge in [0.1, 0.15) is 11.6 Å². The molecule has 6 nitrogen and oxygen atoms in total. The number of ether oxygens (including phenoxy) is 1. The van der Waals surface area contributed by atoms with Gasteiger partial charge < -0.3 is 14.7 Å². The van der Waals surface area contributed by atoms with E-state index in [0.717, 1.165) is 12.2 Å². The van der Waals surface area contributed by atoms with E-state index >= 15 is 0 Å². The van der Waals surface area contributed by atoms with Crippen LogP contribution in [0.4, 0.5) is 0 Å². The van der Waals surface area contributed by atoms with Crippen molar-refractivity contribution in [2.75, 3.05) is 18.9 Å². The monoisotopic (exact) mass is 503 g/mol. The highest BCUT2D eigenvalue weighted by Gasteiger charge is 2.34. The molecule has 0 aromatic heterocycles. The number of hydrogen-bond donors (Lipinski definition) is 1. The van der Waals surface area contributed by atoms with Gasteiger partial charge in [-0.3, -0.25) is 14.4 Å². The Balaban J connectivity index is 2.21. The second-order valence-corrected chi connectivity index (χ2v) is 13.4. The zero-order valence-electron chi connectivity index (χ0n) is 21.4. The molecule has 1 heterocycles. The summed E-state index contributed by atoms with van der Waals surface area (Å²) in [5, 5.41) is 9.96. The Kier molecular flexibility index (Phi) is 14.2. The van der Waals surface area contributed by atoms with Crippen molar-refractivity contribution >= 4 is 39.1 Å². The van der Waals surface area contributed by atoms with Crippen LogP contribution in [0.2, 0.25) is 0 Å². The number of Topliss-reactive ketones (excluding diaryl/α,β-unsaturated/α-hetero) is 2. The Morgan fingerprint density at radius 1 is 1.06 bits per heavy atom. The highest BCUT2D eigenvalue weighted by atomic mass is 33.1. The number of aliphatic hydroxyl groups excluding tert-OH is 1. The van der Waals surface area contributed by atoms with Gasteiger partial charge in [-0.1, -0.05) is 35.4 Å². The number of rotatable bonds is 17. The van der Waals surface area contributed by atoms with Gasteiger partial charge in [0.15, 0.2) is 0 Å².